The van der Waals surface area contributed by atoms with E-state index in [9.17, 15) is 5.11 Å². The lowest BCUT2D eigenvalue weighted by atomic mass is 10.0. The largest absolute Gasteiger partial charge is 0.508 e. The Balaban J connectivity index is 1.66. The highest BCUT2D eigenvalue weighted by Gasteiger charge is 2.42. The molecule has 2 atom stereocenters. The van der Waals surface area contributed by atoms with Gasteiger partial charge in [0.2, 0.25) is 0 Å². The first-order valence-electron chi connectivity index (χ1n) is 10.0. The van der Waals surface area contributed by atoms with Gasteiger partial charge in [-0.15, -0.1) is 0 Å². The van der Waals surface area contributed by atoms with E-state index < -0.39 is 0 Å². The molecule has 0 unspecified atom stereocenters. The quantitative estimate of drug-likeness (QED) is 0.469. The van der Waals surface area contributed by atoms with Gasteiger partial charge < -0.3 is 19.9 Å². The summed E-state index contributed by atoms with van der Waals surface area (Å²) in [6, 6.07) is 20.8. The van der Waals surface area contributed by atoms with Crippen LogP contribution < -0.4 is 10.2 Å². The van der Waals surface area contributed by atoms with Crippen molar-refractivity contribution in [3.63, 3.8) is 0 Å². The molecule has 0 spiro atoms. The summed E-state index contributed by atoms with van der Waals surface area (Å²) in [7, 11) is 0. The number of anilines is 1. The van der Waals surface area contributed by atoms with E-state index in [4.69, 9.17) is 12.2 Å². The summed E-state index contributed by atoms with van der Waals surface area (Å²) < 4.78 is 2.09. The molecule has 5 rings (SSSR count). The number of nitrogens with zero attached hydrogens (tertiary/aromatic N) is 4. The maximum absolute atomic E-state index is 9.77. The number of benzene rings is 1. The van der Waals surface area contributed by atoms with Crippen molar-refractivity contribution in [2.24, 2.45) is 0 Å². The highest BCUT2D eigenvalue weighted by molar-refractivity contribution is 7.80. The van der Waals surface area contributed by atoms with Gasteiger partial charge in [-0.25, -0.2) is 4.98 Å². The minimum atomic E-state index is -0.162. The van der Waals surface area contributed by atoms with Gasteiger partial charge in [0.15, 0.2) is 5.11 Å². The van der Waals surface area contributed by atoms with Crippen molar-refractivity contribution in [3.05, 3.63) is 102 Å². The van der Waals surface area contributed by atoms with E-state index in [1.54, 1.807) is 18.3 Å². The number of rotatable bonds is 4. The van der Waals surface area contributed by atoms with Gasteiger partial charge in [-0.05, 0) is 79.3 Å². The highest BCUT2D eigenvalue weighted by Crippen LogP contribution is 2.42. The molecule has 4 heterocycles. The first kappa shape index (κ1) is 19.3. The Kier molecular flexibility index (Phi) is 4.88. The number of thiocarbonyl (C=S) groups is 1. The first-order valence-corrected chi connectivity index (χ1v) is 10.4. The molecule has 7 heteroatoms. The normalized spacial score (nSPS) is 18.2. The monoisotopic (exact) mass is 427 g/mol. The van der Waals surface area contributed by atoms with Gasteiger partial charge in [-0.1, -0.05) is 12.1 Å². The van der Waals surface area contributed by atoms with E-state index in [0.29, 0.717) is 5.11 Å². The number of hydrogen-bond acceptors (Lipinski definition) is 4. The standard InChI is InChI=1S/C24H21N5OS/c1-16-7-12-21(26-15-16)28-14-4-6-20(28)23-22(19-5-2-3-13-25-19)27-24(31)29(23)17-8-10-18(30)11-9-17/h2-15,22-23,30H,1H3,(H,27,31)/t22-,23+/m0/s1. The molecule has 6 nitrogen and oxygen atoms in total. The molecule has 3 aromatic heterocycles. The van der Waals surface area contributed by atoms with Crippen molar-refractivity contribution in [1.29, 1.82) is 0 Å². The Morgan fingerprint density at radius 1 is 0.968 bits per heavy atom. The third-order valence-corrected chi connectivity index (χ3v) is 5.77. The number of aryl methyl sites for hydroxylation is 1. The number of nitrogens with one attached hydrogen (secondary N) is 1. The van der Waals surface area contributed by atoms with E-state index >= 15 is 0 Å². The molecule has 1 aliphatic rings. The fourth-order valence-corrected chi connectivity index (χ4v) is 4.34. The van der Waals surface area contributed by atoms with Crippen LogP contribution in [0.4, 0.5) is 5.69 Å². The van der Waals surface area contributed by atoms with Crippen LogP contribution in [-0.2, 0) is 0 Å². The molecule has 1 fully saturated rings. The van der Waals surface area contributed by atoms with Gasteiger partial charge in [0.1, 0.15) is 17.6 Å². The van der Waals surface area contributed by atoms with Crippen molar-refractivity contribution < 1.29 is 5.11 Å². The number of phenols is 1. The molecule has 0 aliphatic carbocycles. The van der Waals surface area contributed by atoms with E-state index in [2.05, 4.69) is 36.9 Å². The zero-order chi connectivity index (χ0) is 21.4. The molecule has 31 heavy (non-hydrogen) atoms. The lowest BCUT2D eigenvalue weighted by molar-refractivity contribution is 0.475. The average Bonchev–Trinajstić information content (AvgIpc) is 3.40. The van der Waals surface area contributed by atoms with E-state index in [0.717, 1.165) is 28.5 Å². The van der Waals surface area contributed by atoms with Gasteiger partial charge in [0, 0.05) is 30.0 Å². The van der Waals surface area contributed by atoms with Gasteiger partial charge in [0.05, 0.1) is 11.7 Å². The van der Waals surface area contributed by atoms with Gasteiger partial charge in [-0.2, -0.15) is 0 Å². The van der Waals surface area contributed by atoms with Gasteiger partial charge in [-0.3, -0.25) is 4.98 Å². The minimum absolute atomic E-state index is 0.151. The summed E-state index contributed by atoms with van der Waals surface area (Å²) in [6.45, 7) is 2.02. The second-order valence-corrected chi connectivity index (χ2v) is 7.90. The van der Waals surface area contributed by atoms with Gasteiger partial charge in [0.25, 0.3) is 0 Å². The summed E-state index contributed by atoms with van der Waals surface area (Å²) >= 11 is 5.76. The average molecular weight is 428 g/mol. The summed E-state index contributed by atoms with van der Waals surface area (Å²) in [5.41, 5.74) is 3.94. The highest BCUT2D eigenvalue weighted by atomic mass is 32.1. The Morgan fingerprint density at radius 2 is 1.81 bits per heavy atom. The molecule has 1 aromatic carbocycles. The SMILES string of the molecule is Cc1ccc(-n2cccc2[C@@H]2[C@H](c3ccccn3)NC(=S)N2c2ccc(O)cc2)nc1. The molecule has 0 radical (unpaired) electrons. The predicted molar refractivity (Wildman–Crippen MR) is 124 cm³/mol. The second-order valence-electron chi connectivity index (χ2n) is 7.51. The molecule has 4 aromatic rings. The Bertz CT molecular complexity index is 1200. The van der Waals surface area contributed by atoms with Crippen molar-refractivity contribution in [3.8, 4) is 11.6 Å². The third kappa shape index (κ3) is 3.53. The van der Waals surface area contributed by atoms with Crippen LogP contribution in [0, 0.1) is 6.92 Å². The Morgan fingerprint density at radius 3 is 2.52 bits per heavy atom. The van der Waals surface area contributed by atoms with Crippen LogP contribution in [0.1, 0.15) is 29.0 Å². The smallest absolute Gasteiger partial charge is 0.174 e. The number of pyridine rings is 2. The van der Waals surface area contributed by atoms with E-state index in [1.165, 1.54) is 0 Å². The van der Waals surface area contributed by atoms with Crippen LogP contribution in [0.15, 0.2) is 85.3 Å². The third-order valence-electron chi connectivity index (χ3n) is 5.45. The topological polar surface area (TPSA) is 66.2 Å². The molecule has 2 N–H and O–H groups in total. The lowest BCUT2D eigenvalue weighted by Gasteiger charge is -2.28. The van der Waals surface area contributed by atoms with Crippen molar-refractivity contribution >= 4 is 23.0 Å². The van der Waals surface area contributed by atoms with Crippen LogP contribution in [-0.4, -0.2) is 24.8 Å². The number of aromatic hydroxyl groups is 1. The second kappa shape index (κ2) is 7.85. The van der Waals surface area contributed by atoms with Crippen LogP contribution >= 0.6 is 12.2 Å². The molecule has 0 bridgehead atoms. The minimum Gasteiger partial charge on any atom is -0.508 e. The first-order chi connectivity index (χ1) is 15.1. The molecular formula is C24H21N5OS. The molecule has 1 aliphatic heterocycles. The fraction of sp³-hybridized carbons (Fsp3) is 0.125. The molecule has 1 saturated heterocycles. The summed E-state index contributed by atoms with van der Waals surface area (Å²) in [4.78, 5) is 11.3. The summed E-state index contributed by atoms with van der Waals surface area (Å²) in [5.74, 6) is 1.06. The van der Waals surface area contributed by atoms with Crippen LogP contribution in [0.25, 0.3) is 5.82 Å². The lowest BCUT2D eigenvalue weighted by Crippen LogP contribution is -2.30. The van der Waals surface area contributed by atoms with Crippen LogP contribution in [0.2, 0.25) is 0 Å². The predicted octanol–water partition coefficient (Wildman–Crippen LogP) is 4.46. The van der Waals surface area contributed by atoms with Crippen molar-refractivity contribution in [2.75, 3.05) is 4.90 Å². The number of phenolic OH excluding ortho intramolecular Hbond substituents is 1. The van der Waals surface area contributed by atoms with Crippen LogP contribution in [0.3, 0.4) is 0 Å². The summed E-state index contributed by atoms with van der Waals surface area (Å²) in [6.07, 6.45) is 5.67. The Labute approximate surface area is 185 Å². The fourth-order valence-electron chi connectivity index (χ4n) is 3.99. The molecule has 0 saturated carbocycles. The van der Waals surface area contributed by atoms with E-state index in [1.807, 2.05) is 61.8 Å². The van der Waals surface area contributed by atoms with Crippen LogP contribution in [0.5, 0.6) is 5.75 Å². The number of hydrogen-bond donors (Lipinski definition) is 2. The zero-order valence-corrected chi connectivity index (χ0v) is 17.7. The summed E-state index contributed by atoms with van der Waals surface area (Å²) in [5, 5.41) is 13.8. The van der Waals surface area contributed by atoms with Crippen molar-refractivity contribution in [1.82, 2.24) is 19.9 Å². The maximum Gasteiger partial charge on any atom is 0.174 e. The van der Waals surface area contributed by atoms with E-state index in [-0.39, 0.29) is 17.8 Å². The molecule has 154 valence electrons. The maximum atomic E-state index is 9.77. The zero-order valence-electron chi connectivity index (χ0n) is 16.9. The van der Waals surface area contributed by atoms with Gasteiger partial charge >= 0.3 is 0 Å². The number of aromatic nitrogens is 3. The molecule has 0 amide bonds. The molecular weight excluding hydrogens is 406 g/mol. The van der Waals surface area contributed by atoms with Crippen molar-refractivity contribution in [2.45, 2.75) is 19.0 Å². The Hall–Kier alpha value is -3.71.